The number of rotatable bonds is 3. The van der Waals surface area contributed by atoms with Crippen LogP contribution in [0.3, 0.4) is 0 Å². The van der Waals surface area contributed by atoms with E-state index in [-0.39, 0.29) is 11.3 Å². The maximum atomic E-state index is 11.2. The lowest BCUT2D eigenvalue weighted by Gasteiger charge is -2.03. The molecule has 0 saturated carbocycles. The number of fused-ring (bicyclic) bond motifs is 1. The molecular weight excluding hydrogens is 256 g/mol. The van der Waals surface area contributed by atoms with Gasteiger partial charge >= 0.3 is 11.7 Å². The van der Waals surface area contributed by atoms with Crippen LogP contribution in [0.15, 0.2) is 47.3 Å². The van der Waals surface area contributed by atoms with Crippen LogP contribution in [0.25, 0.3) is 11.0 Å². The van der Waals surface area contributed by atoms with Gasteiger partial charge in [-0.05, 0) is 41.8 Å². The van der Waals surface area contributed by atoms with E-state index >= 15 is 0 Å². The molecule has 2 aromatic carbocycles. The third-order valence-corrected chi connectivity index (χ3v) is 3.19. The summed E-state index contributed by atoms with van der Waals surface area (Å²) in [6, 6.07) is 12.5. The number of nitrogens with one attached hydrogen (secondary N) is 2. The molecular formula is C15H12N2O3. The zero-order valence-electron chi connectivity index (χ0n) is 10.5. The molecule has 3 aromatic rings. The first-order valence-electron chi connectivity index (χ1n) is 6.15. The lowest BCUT2D eigenvalue weighted by molar-refractivity contribution is 0.0697. The topological polar surface area (TPSA) is 85.9 Å². The Morgan fingerprint density at radius 2 is 1.60 bits per heavy atom. The van der Waals surface area contributed by atoms with E-state index in [1.165, 1.54) is 0 Å². The van der Waals surface area contributed by atoms with E-state index in [0.717, 1.165) is 22.2 Å². The summed E-state index contributed by atoms with van der Waals surface area (Å²) in [6.07, 6.45) is 0.684. The fraction of sp³-hybridized carbons (Fsp3) is 0.0667. The second kappa shape index (κ2) is 4.70. The molecule has 0 aliphatic heterocycles. The molecule has 3 rings (SSSR count). The molecule has 100 valence electrons. The quantitative estimate of drug-likeness (QED) is 0.680. The Kier molecular flexibility index (Phi) is 2.87. The number of carbonyl (C=O) groups is 1. The normalized spacial score (nSPS) is 10.8. The fourth-order valence-corrected chi connectivity index (χ4v) is 2.19. The van der Waals surface area contributed by atoms with Gasteiger partial charge in [0.15, 0.2) is 0 Å². The van der Waals surface area contributed by atoms with Crippen LogP contribution in [-0.4, -0.2) is 21.0 Å². The van der Waals surface area contributed by atoms with Gasteiger partial charge in [-0.2, -0.15) is 0 Å². The number of aromatic nitrogens is 2. The van der Waals surface area contributed by atoms with Gasteiger partial charge in [-0.15, -0.1) is 0 Å². The van der Waals surface area contributed by atoms with E-state index in [0.29, 0.717) is 6.42 Å². The summed E-state index contributed by atoms with van der Waals surface area (Å²) in [4.78, 5) is 27.4. The number of hydrogen-bond acceptors (Lipinski definition) is 2. The molecule has 3 N–H and O–H groups in total. The Morgan fingerprint density at radius 1 is 0.950 bits per heavy atom. The van der Waals surface area contributed by atoms with Crippen molar-refractivity contribution in [2.24, 2.45) is 0 Å². The Bertz CT molecular complexity index is 828. The van der Waals surface area contributed by atoms with E-state index in [1.807, 2.05) is 18.2 Å². The third kappa shape index (κ3) is 2.33. The molecule has 0 amide bonds. The summed E-state index contributed by atoms with van der Waals surface area (Å²) in [5.41, 5.74) is 3.68. The van der Waals surface area contributed by atoms with Crippen LogP contribution >= 0.6 is 0 Å². The molecule has 1 aromatic heterocycles. The van der Waals surface area contributed by atoms with Crippen molar-refractivity contribution >= 4 is 17.0 Å². The van der Waals surface area contributed by atoms with Gasteiger partial charge in [0.2, 0.25) is 0 Å². The number of H-pyrrole nitrogens is 2. The van der Waals surface area contributed by atoms with Crippen molar-refractivity contribution in [1.29, 1.82) is 0 Å². The SMILES string of the molecule is O=C(O)c1ccc(Cc2ccc3[nH]c(=O)[nH]c3c2)cc1. The zero-order chi connectivity index (χ0) is 14.1. The average Bonchev–Trinajstić information content (AvgIpc) is 2.78. The van der Waals surface area contributed by atoms with Crippen molar-refractivity contribution in [2.45, 2.75) is 6.42 Å². The Labute approximate surface area is 113 Å². The van der Waals surface area contributed by atoms with Gasteiger partial charge < -0.3 is 15.1 Å². The monoisotopic (exact) mass is 268 g/mol. The van der Waals surface area contributed by atoms with Gasteiger partial charge in [0.1, 0.15) is 0 Å². The lowest BCUT2D eigenvalue weighted by atomic mass is 10.0. The fourth-order valence-electron chi connectivity index (χ4n) is 2.19. The molecule has 0 saturated heterocycles. The summed E-state index contributed by atoms with van der Waals surface area (Å²) < 4.78 is 0. The van der Waals surface area contributed by atoms with Crippen LogP contribution in [0.4, 0.5) is 0 Å². The Balaban J connectivity index is 1.88. The maximum absolute atomic E-state index is 11.2. The predicted molar refractivity (Wildman–Crippen MR) is 75.1 cm³/mol. The zero-order valence-corrected chi connectivity index (χ0v) is 10.5. The number of imidazole rings is 1. The number of aromatic carboxylic acids is 1. The van der Waals surface area contributed by atoms with Crippen molar-refractivity contribution in [3.05, 3.63) is 69.6 Å². The molecule has 5 nitrogen and oxygen atoms in total. The van der Waals surface area contributed by atoms with E-state index in [9.17, 15) is 9.59 Å². The van der Waals surface area contributed by atoms with Crippen molar-refractivity contribution in [1.82, 2.24) is 9.97 Å². The highest BCUT2D eigenvalue weighted by Gasteiger charge is 2.04. The molecule has 0 bridgehead atoms. The third-order valence-electron chi connectivity index (χ3n) is 3.19. The van der Waals surface area contributed by atoms with E-state index in [2.05, 4.69) is 9.97 Å². The number of carboxylic acid groups (broad SMARTS) is 1. The number of benzene rings is 2. The Morgan fingerprint density at radius 3 is 2.30 bits per heavy atom. The van der Waals surface area contributed by atoms with Gasteiger partial charge in [-0.3, -0.25) is 0 Å². The first-order valence-corrected chi connectivity index (χ1v) is 6.15. The highest BCUT2D eigenvalue weighted by molar-refractivity contribution is 5.87. The van der Waals surface area contributed by atoms with Crippen molar-refractivity contribution in [3.63, 3.8) is 0 Å². The largest absolute Gasteiger partial charge is 0.478 e. The van der Waals surface area contributed by atoms with Crippen LogP contribution in [0.2, 0.25) is 0 Å². The number of aromatic amines is 2. The van der Waals surface area contributed by atoms with Crippen LogP contribution in [0.1, 0.15) is 21.5 Å². The molecule has 0 spiro atoms. The second-order valence-corrected chi connectivity index (χ2v) is 4.64. The van der Waals surface area contributed by atoms with E-state index in [4.69, 9.17) is 5.11 Å². The summed E-state index contributed by atoms with van der Waals surface area (Å²) >= 11 is 0. The van der Waals surface area contributed by atoms with Gasteiger partial charge in [0.05, 0.1) is 16.6 Å². The molecule has 0 atom stereocenters. The molecule has 0 unspecified atom stereocenters. The molecule has 0 aliphatic carbocycles. The highest BCUT2D eigenvalue weighted by Crippen LogP contribution is 2.15. The molecule has 0 radical (unpaired) electrons. The first kappa shape index (κ1) is 12.2. The molecule has 20 heavy (non-hydrogen) atoms. The minimum absolute atomic E-state index is 0.219. The minimum Gasteiger partial charge on any atom is -0.478 e. The van der Waals surface area contributed by atoms with Crippen LogP contribution < -0.4 is 5.69 Å². The van der Waals surface area contributed by atoms with Crippen molar-refractivity contribution < 1.29 is 9.90 Å². The summed E-state index contributed by atoms with van der Waals surface area (Å²) in [5, 5.41) is 8.85. The standard InChI is InChI=1S/C15H12N2O3/c18-14(19)11-4-1-9(2-5-11)7-10-3-6-12-13(8-10)17-15(20)16-12/h1-6,8H,7H2,(H,18,19)(H2,16,17,20). The lowest BCUT2D eigenvalue weighted by Crippen LogP contribution is -1.99. The summed E-state index contributed by atoms with van der Waals surface area (Å²) in [7, 11) is 0. The summed E-state index contributed by atoms with van der Waals surface area (Å²) in [6.45, 7) is 0. The van der Waals surface area contributed by atoms with Gasteiger partial charge in [0, 0.05) is 0 Å². The second-order valence-electron chi connectivity index (χ2n) is 4.64. The van der Waals surface area contributed by atoms with Gasteiger partial charge in [-0.1, -0.05) is 18.2 Å². The average molecular weight is 268 g/mol. The smallest absolute Gasteiger partial charge is 0.335 e. The van der Waals surface area contributed by atoms with E-state index < -0.39 is 5.97 Å². The molecule has 1 heterocycles. The van der Waals surface area contributed by atoms with E-state index in [1.54, 1.807) is 24.3 Å². The number of carboxylic acids is 1. The Hall–Kier alpha value is -2.82. The van der Waals surface area contributed by atoms with Crippen LogP contribution in [-0.2, 0) is 6.42 Å². The minimum atomic E-state index is -0.928. The van der Waals surface area contributed by atoms with Gasteiger partial charge in [0.25, 0.3) is 0 Å². The summed E-state index contributed by atoms with van der Waals surface area (Å²) in [5.74, 6) is -0.928. The first-order chi connectivity index (χ1) is 9.61. The predicted octanol–water partition coefficient (Wildman–Crippen LogP) is 2.15. The van der Waals surface area contributed by atoms with Crippen LogP contribution in [0, 0.1) is 0 Å². The van der Waals surface area contributed by atoms with Crippen LogP contribution in [0.5, 0.6) is 0 Å². The van der Waals surface area contributed by atoms with Crippen molar-refractivity contribution in [3.8, 4) is 0 Å². The van der Waals surface area contributed by atoms with Crippen molar-refractivity contribution in [2.75, 3.05) is 0 Å². The van der Waals surface area contributed by atoms with Gasteiger partial charge in [-0.25, -0.2) is 9.59 Å². The highest BCUT2D eigenvalue weighted by atomic mass is 16.4. The number of hydrogen-bond donors (Lipinski definition) is 3. The molecule has 5 heteroatoms. The molecule has 0 fully saturated rings. The maximum Gasteiger partial charge on any atom is 0.335 e. The molecule has 0 aliphatic rings.